The number of hydrogen-bond acceptors (Lipinski definition) is 3. The van der Waals surface area contributed by atoms with Gasteiger partial charge in [0.1, 0.15) is 0 Å². The van der Waals surface area contributed by atoms with Crippen LogP contribution in [-0.2, 0) is 19.3 Å². The van der Waals surface area contributed by atoms with E-state index in [1.54, 1.807) is 11.3 Å². The third kappa shape index (κ3) is 2.72. The van der Waals surface area contributed by atoms with Crippen molar-refractivity contribution in [2.45, 2.75) is 44.6 Å². The van der Waals surface area contributed by atoms with Crippen molar-refractivity contribution in [3.63, 3.8) is 0 Å². The quantitative estimate of drug-likeness (QED) is 0.931. The Labute approximate surface area is 118 Å². The SMILES string of the molecule is Cc1ncsc1CCC1(N)CCc2ccccc2C1. The van der Waals surface area contributed by atoms with Crippen LogP contribution in [-0.4, -0.2) is 10.5 Å². The number of aromatic nitrogens is 1. The summed E-state index contributed by atoms with van der Waals surface area (Å²) in [6.45, 7) is 2.09. The van der Waals surface area contributed by atoms with Gasteiger partial charge in [-0.05, 0) is 50.2 Å². The van der Waals surface area contributed by atoms with Crippen molar-refractivity contribution in [3.05, 3.63) is 51.5 Å². The average Bonchev–Trinajstić information content (AvgIpc) is 2.82. The predicted molar refractivity (Wildman–Crippen MR) is 80.6 cm³/mol. The highest BCUT2D eigenvalue weighted by Crippen LogP contribution is 2.31. The van der Waals surface area contributed by atoms with Gasteiger partial charge in [-0.25, -0.2) is 4.98 Å². The van der Waals surface area contributed by atoms with Crippen LogP contribution in [0.2, 0.25) is 0 Å². The molecule has 2 N–H and O–H groups in total. The van der Waals surface area contributed by atoms with Gasteiger partial charge in [-0.3, -0.25) is 0 Å². The molecule has 0 spiro atoms. The van der Waals surface area contributed by atoms with Gasteiger partial charge in [0.05, 0.1) is 11.2 Å². The first kappa shape index (κ1) is 12.8. The van der Waals surface area contributed by atoms with Gasteiger partial charge in [0.2, 0.25) is 0 Å². The minimum Gasteiger partial charge on any atom is -0.325 e. The van der Waals surface area contributed by atoms with Crippen molar-refractivity contribution in [1.29, 1.82) is 0 Å². The molecule has 19 heavy (non-hydrogen) atoms. The standard InChI is InChI=1S/C16H20N2S/c1-12-15(19-11-18-12)7-9-16(17)8-6-13-4-2-3-5-14(13)10-16/h2-5,11H,6-10,17H2,1H3. The van der Waals surface area contributed by atoms with Crippen molar-refractivity contribution in [2.75, 3.05) is 0 Å². The zero-order chi connectivity index (χ0) is 13.3. The smallest absolute Gasteiger partial charge is 0.0797 e. The summed E-state index contributed by atoms with van der Waals surface area (Å²) in [5.74, 6) is 0. The average molecular weight is 272 g/mol. The van der Waals surface area contributed by atoms with Gasteiger partial charge >= 0.3 is 0 Å². The molecule has 3 heteroatoms. The number of nitrogens with zero attached hydrogens (tertiary/aromatic N) is 1. The van der Waals surface area contributed by atoms with E-state index < -0.39 is 0 Å². The Morgan fingerprint density at radius 2 is 2.11 bits per heavy atom. The van der Waals surface area contributed by atoms with Crippen LogP contribution in [0.25, 0.3) is 0 Å². The Hall–Kier alpha value is -1.19. The molecule has 1 heterocycles. The first-order valence-corrected chi connectivity index (χ1v) is 7.79. The molecule has 1 aromatic carbocycles. The molecule has 1 aliphatic rings. The van der Waals surface area contributed by atoms with Gasteiger partial charge in [-0.2, -0.15) is 0 Å². The van der Waals surface area contributed by atoms with E-state index in [2.05, 4.69) is 36.2 Å². The maximum Gasteiger partial charge on any atom is 0.0797 e. The van der Waals surface area contributed by atoms with Crippen LogP contribution in [0, 0.1) is 6.92 Å². The number of nitrogens with two attached hydrogens (primary N) is 1. The highest BCUT2D eigenvalue weighted by molar-refractivity contribution is 7.09. The van der Waals surface area contributed by atoms with Crippen LogP contribution in [0.15, 0.2) is 29.8 Å². The third-order valence-electron chi connectivity index (χ3n) is 4.25. The lowest BCUT2D eigenvalue weighted by Crippen LogP contribution is -2.45. The zero-order valence-electron chi connectivity index (χ0n) is 11.4. The number of fused-ring (bicyclic) bond motifs is 1. The van der Waals surface area contributed by atoms with E-state index in [0.717, 1.165) is 32.1 Å². The topological polar surface area (TPSA) is 38.9 Å². The maximum absolute atomic E-state index is 6.62. The molecule has 1 atom stereocenters. The summed E-state index contributed by atoms with van der Waals surface area (Å²) in [6.07, 6.45) is 5.36. The summed E-state index contributed by atoms with van der Waals surface area (Å²) in [6, 6.07) is 8.72. The second-order valence-electron chi connectivity index (χ2n) is 5.67. The molecule has 100 valence electrons. The van der Waals surface area contributed by atoms with Crippen molar-refractivity contribution in [2.24, 2.45) is 5.73 Å². The highest BCUT2D eigenvalue weighted by Gasteiger charge is 2.30. The van der Waals surface area contributed by atoms with Crippen molar-refractivity contribution < 1.29 is 0 Å². The molecule has 0 bridgehead atoms. The molecule has 0 radical (unpaired) electrons. The first-order valence-electron chi connectivity index (χ1n) is 6.91. The van der Waals surface area contributed by atoms with E-state index in [9.17, 15) is 0 Å². The van der Waals surface area contributed by atoms with E-state index in [4.69, 9.17) is 5.73 Å². The molecule has 1 aromatic heterocycles. The molecule has 0 saturated heterocycles. The zero-order valence-corrected chi connectivity index (χ0v) is 12.2. The van der Waals surface area contributed by atoms with Gasteiger partial charge in [0.15, 0.2) is 0 Å². The number of rotatable bonds is 3. The lowest BCUT2D eigenvalue weighted by Gasteiger charge is -2.35. The van der Waals surface area contributed by atoms with E-state index >= 15 is 0 Å². The molecule has 2 nitrogen and oxygen atoms in total. The largest absolute Gasteiger partial charge is 0.325 e. The number of thiazole rings is 1. The van der Waals surface area contributed by atoms with Crippen molar-refractivity contribution >= 4 is 11.3 Å². The lowest BCUT2D eigenvalue weighted by atomic mass is 9.76. The fraction of sp³-hybridized carbons (Fsp3) is 0.438. The normalized spacial score (nSPS) is 22.2. The van der Waals surface area contributed by atoms with E-state index in [-0.39, 0.29) is 5.54 Å². The second-order valence-corrected chi connectivity index (χ2v) is 6.61. The summed E-state index contributed by atoms with van der Waals surface area (Å²) in [5.41, 5.74) is 12.6. The van der Waals surface area contributed by atoms with Crippen LogP contribution >= 0.6 is 11.3 Å². The van der Waals surface area contributed by atoms with Gasteiger partial charge in [0, 0.05) is 10.4 Å². The van der Waals surface area contributed by atoms with Crippen LogP contribution in [0.1, 0.15) is 34.5 Å². The number of benzene rings is 1. The van der Waals surface area contributed by atoms with E-state index in [1.807, 2.05) is 5.51 Å². The monoisotopic (exact) mass is 272 g/mol. The van der Waals surface area contributed by atoms with Crippen LogP contribution in [0.4, 0.5) is 0 Å². The van der Waals surface area contributed by atoms with Crippen molar-refractivity contribution in [3.8, 4) is 0 Å². The molecule has 0 amide bonds. The van der Waals surface area contributed by atoms with Crippen LogP contribution in [0.5, 0.6) is 0 Å². The third-order valence-corrected chi connectivity index (χ3v) is 5.24. The minimum absolute atomic E-state index is 0.0369. The first-order chi connectivity index (χ1) is 9.16. The molecule has 0 saturated carbocycles. The highest BCUT2D eigenvalue weighted by atomic mass is 32.1. The maximum atomic E-state index is 6.62. The van der Waals surface area contributed by atoms with E-state index in [1.165, 1.54) is 21.7 Å². The Morgan fingerprint density at radius 3 is 2.84 bits per heavy atom. The van der Waals surface area contributed by atoms with Gasteiger partial charge in [-0.15, -0.1) is 11.3 Å². The molecule has 1 unspecified atom stereocenters. The van der Waals surface area contributed by atoms with Crippen molar-refractivity contribution in [1.82, 2.24) is 4.98 Å². The predicted octanol–water partition coefficient (Wildman–Crippen LogP) is 3.27. The molecule has 3 rings (SSSR count). The summed E-state index contributed by atoms with van der Waals surface area (Å²) < 4.78 is 0. The van der Waals surface area contributed by atoms with E-state index in [0.29, 0.717) is 0 Å². The summed E-state index contributed by atoms with van der Waals surface area (Å²) in [5, 5.41) is 0. The molecular weight excluding hydrogens is 252 g/mol. The Kier molecular flexibility index (Phi) is 3.42. The second kappa shape index (κ2) is 5.06. The molecule has 1 aliphatic carbocycles. The molecule has 2 aromatic rings. The molecular formula is C16H20N2S. The molecule has 0 aliphatic heterocycles. The number of hydrogen-bond donors (Lipinski definition) is 1. The van der Waals surface area contributed by atoms with Gasteiger partial charge in [-0.1, -0.05) is 24.3 Å². The van der Waals surface area contributed by atoms with Gasteiger partial charge in [0.25, 0.3) is 0 Å². The fourth-order valence-electron chi connectivity index (χ4n) is 2.97. The van der Waals surface area contributed by atoms with Crippen LogP contribution in [0.3, 0.4) is 0 Å². The number of aryl methyl sites for hydroxylation is 3. The minimum atomic E-state index is -0.0369. The lowest BCUT2D eigenvalue weighted by molar-refractivity contribution is 0.347. The van der Waals surface area contributed by atoms with Crippen LogP contribution < -0.4 is 5.73 Å². The Morgan fingerprint density at radius 1 is 1.32 bits per heavy atom. The summed E-state index contributed by atoms with van der Waals surface area (Å²) >= 11 is 1.76. The Bertz CT molecular complexity index is 576. The molecule has 0 fully saturated rings. The summed E-state index contributed by atoms with van der Waals surface area (Å²) in [7, 11) is 0. The van der Waals surface area contributed by atoms with Gasteiger partial charge < -0.3 is 5.73 Å². The Balaban J connectivity index is 1.70. The summed E-state index contributed by atoms with van der Waals surface area (Å²) in [4.78, 5) is 5.71. The fourth-order valence-corrected chi connectivity index (χ4v) is 3.75.